The van der Waals surface area contributed by atoms with Crippen LogP contribution in [0.25, 0.3) is 0 Å². The predicted octanol–water partition coefficient (Wildman–Crippen LogP) is 3.45. The van der Waals surface area contributed by atoms with Gasteiger partial charge in [-0.2, -0.15) is 0 Å². The van der Waals surface area contributed by atoms with E-state index in [0.717, 1.165) is 5.56 Å². The number of hydrogen-bond donors (Lipinski definition) is 0. The van der Waals surface area contributed by atoms with Gasteiger partial charge < -0.3 is 19.2 Å². The number of amides is 2. The molecule has 0 saturated carbocycles. The fourth-order valence-corrected chi connectivity index (χ4v) is 3.60. The standard InChI is InChI=1S/C24H29N3O5/c1-23(2,3)32-21(29)26-13-14-27(22(30)31-16-19-9-5-4-6-10-19)24(17-26,18-28)15-20-11-7-8-12-25-20/h4-12,18H,13-17H2,1-3H3. The molecular formula is C24H29N3O5. The lowest BCUT2D eigenvalue weighted by molar-refractivity contribution is -0.122. The number of carbonyl (C=O) groups excluding carboxylic acids is 3. The molecule has 0 radical (unpaired) electrons. The van der Waals surface area contributed by atoms with E-state index in [1.165, 1.54) is 9.80 Å². The molecular weight excluding hydrogens is 410 g/mol. The van der Waals surface area contributed by atoms with Crippen LogP contribution in [0.15, 0.2) is 54.7 Å². The Morgan fingerprint density at radius 3 is 2.41 bits per heavy atom. The van der Waals surface area contributed by atoms with Crippen LogP contribution in [0.1, 0.15) is 32.0 Å². The van der Waals surface area contributed by atoms with Gasteiger partial charge in [-0.05, 0) is 38.5 Å². The van der Waals surface area contributed by atoms with Crippen LogP contribution in [-0.2, 0) is 27.3 Å². The molecule has 1 aliphatic heterocycles. The lowest BCUT2D eigenvalue weighted by atomic mass is 9.90. The topological polar surface area (TPSA) is 89.0 Å². The first kappa shape index (κ1) is 23.2. The van der Waals surface area contributed by atoms with E-state index in [-0.39, 0.29) is 32.7 Å². The molecule has 0 spiro atoms. The van der Waals surface area contributed by atoms with E-state index in [2.05, 4.69) is 4.98 Å². The van der Waals surface area contributed by atoms with Gasteiger partial charge in [0.15, 0.2) is 0 Å². The third-order valence-corrected chi connectivity index (χ3v) is 5.11. The normalized spacial score (nSPS) is 18.7. The number of piperazine rings is 1. The third-order valence-electron chi connectivity index (χ3n) is 5.11. The smallest absolute Gasteiger partial charge is 0.411 e. The van der Waals surface area contributed by atoms with Crippen molar-refractivity contribution in [1.29, 1.82) is 0 Å². The van der Waals surface area contributed by atoms with E-state index in [1.807, 2.05) is 36.4 Å². The molecule has 0 bridgehead atoms. The van der Waals surface area contributed by atoms with Crippen LogP contribution in [0.2, 0.25) is 0 Å². The Hall–Kier alpha value is -3.42. The predicted molar refractivity (Wildman–Crippen MR) is 118 cm³/mol. The number of rotatable bonds is 5. The van der Waals surface area contributed by atoms with Gasteiger partial charge in [0.25, 0.3) is 0 Å². The summed E-state index contributed by atoms with van der Waals surface area (Å²) in [4.78, 5) is 45.4. The summed E-state index contributed by atoms with van der Waals surface area (Å²) in [7, 11) is 0. The van der Waals surface area contributed by atoms with Crippen LogP contribution < -0.4 is 0 Å². The molecule has 1 atom stereocenters. The summed E-state index contributed by atoms with van der Waals surface area (Å²) in [5, 5.41) is 0. The van der Waals surface area contributed by atoms with E-state index in [0.29, 0.717) is 12.0 Å². The van der Waals surface area contributed by atoms with Crippen LogP contribution in [0.3, 0.4) is 0 Å². The minimum absolute atomic E-state index is 0.0115. The van der Waals surface area contributed by atoms with Crippen molar-refractivity contribution in [2.45, 2.75) is 44.9 Å². The molecule has 8 nitrogen and oxygen atoms in total. The third kappa shape index (κ3) is 5.84. The van der Waals surface area contributed by atoms with E-state index < -0.39 is 23.3 Å². The molecule has 1 aromatic heterocycles. The molecule has 170 valence electrons. The number of nitrogens with zero attached hydrogens (tertiary/aromatic N) is 3. The number of pyridine rings is 1. The second kappa shape index (κ2) is 9.80. The largest absolute Gasteiger partial charge is 0.445 e. The summed E-state index contributed by atoms with van der Waals surface area (Å²) < 4.78 is 11.0. The van der Waals surface area contributed by atoms with Crippen LogP contribution in [0.5, 0.6) is 0 Å². The highest BCUT2D eigenvalue weighted by Crippen LogP contribution is 2.27. The fourth-order valence-electron chi connectivity index (χ4n) is 3.60. The summed E-state index contributed by atoms with van der Waals surface area (Å²) in [6, 6.07) is 14.7. The maximum Gasteiger partial charge on any atom is 0.411 e. The first-order valence-electron chi connectivity index (χ1n) is 10.5. The molecule has 8 heteroatoms. The quantitative estimate of drug-likeness (QED) is 0.663. The first-order valence-corrected chi connectivity index (χ1v) is 10.5. The second-order valence-corrected chi connectivity index (χ2v) is 8.81. The zero-order chi connectivity index (χ0) is 23.2. The fraction of sp³-hybridized carbons (Fsp3) is 0.417. The van der Waals surface area contributed by atoms with Crippen LogP contribution in [0.4, 0.5) is 9.59 Å². The number of ether oxygens (including phenoxy) is 2. The van der Waals surface area contributed by atoms with Crippen molar-refractivity contribution in [2.75, 3.05) is 19.6 Å². The number of aromatic nitrogens is 1. The minimum Gasteiger partial charge on any atom is -0.445 e. The van der Waals surface area contributed by atoms with Gasteiger partial charge in [0.2, 0.25) is 0 Å². The molecule has 3 rings (SSSR count). The SMILES string of the molecule is CC(C)(C)OC(=O)N1CCN(C(=O)OCc2ccccc2)C(C=O)(Cc2ccccn2)C1. The average molecular weight is 440 g/mol. The van der Waals surface area contributed by atoms with Crippen molar-refractivity contribution in [2.24, 2.45) is 0 Å². The van der Waals surface area contributed by atoms with E-state index >= 15 is 0 Å². The Labute approximate surface area is 188 Å². The lowest BCUT2D eigenvalue weighted by Gasteiger charge is -2.46. The van der Waals surface area contributed by atoms with Gasteiger partial charge in [0, 0.05) is 31.4 Å². The summed E-state index contributed by atoms with van der Waals surface area (Å²) in [5.74, 6) is 0. The monoisotopic (exact) mass is 439 g/mol. The van der Waals surface area contributed by atoms with Crippen molar-refractivity contribution in [1.82, 2.24) is 14.8 Å². The maximum atomic E-state index is 13.0. The van der Waals surface area contributed by atoms with Crippen molar-refractivity contribution >= 4 is 18.5 Å². The molecule has 0 N–H and O–H groups in total. The molecule has 0 aliphatic carbocycles. The second-order valence-electron chi connectivity index (χ2n) is 8.81. The number of aldehydes is 1. The molecule has 32 heavy (non-hydrogen) atoms. The van der Waals surface area contributed by atoms with Crippen molar-refractivity contribution in [3.8, 4) is 0 Å². The molecule has 2 amide bonds. The number of hydrogen-bond acceptors (Lipinski definition) is 6. The van der Waals surface area contributed by atoms with Crippen molar-refractivity contribution in [3.05, 3.63) is 66.0 Å². The maximum absolute atomic E-state index is 13.0. The highest BCUT2D eigenvalue weighted by Gasteiger charge is 2.47. The minimum atomic E-state index is -1.32. The Bertz CT molecular complexity index is 930. The van der Waals surface area contributed by atoms with Gasteiger partial charge in [-0.25, -0.2) is 9.59 Å². The van der Waals surface area contributed by atoms with Gasteiger partial charge >= 0.3 is 12.2 Å². The lowest BCUT2D eigenvalue weighted by Crippen LogP contribution is -2.67. The van der Waals surface area contributed by atoms with E-state index in [9.17, 15) is 14.4 Å². The molecule has 1 saturated heterocycles. The van der Waals surface area contributed by atoms with E-state index in [1.54, 1.807) is 39.1 Å². The van der Waals surface area contributed by atoms with Crippen molar-refractivity contribution < 1.29 is 23.9 Å². The van der Waals surface area contributed by atoms with Gasteiger partial charge in [0.1, 0.15) is 24.0 Å². The summed E-state index contributed by atoms with van der Waals surface area (Å²) in [5.41, 5.74) is -0.522. The Morgan fingerprint density at radius 2 is 1.78 bits per heavy atom. The molecule has 1 fully saturated rings. The number of carbonyl (C=O) groups is 3. The van der Waals surface area contributed by atoms with Gasteiger partial charge in [-0.1, -0.05) is 36.4 Å². The van der Waals surface area contributed by atoms with Crippen LogP contribution >= 0.6 is 0 Å². The molecule has 1 aromatic carbocycles. The highest BCUT2D eigenvalue weighted by molar-refractivity contribution is 5.79. The molecule has 2 aromatic rings. The number of benzene rings is 1. The zero-order valence-corrected chi connectivity index (χ0v) is 18.7. The highest BCUT2D eigenvalue weighted by atomic mass is 16.6. The van der Waals surface area contributed by atoms with Gasteiger partial charge in [-0.3, -0.25) is 9.88 Å². The zero-order valence-electron chi connectivity index (χ0n) is 18.7. The average Bonchev–Trinajstić information content (AvgIpc) is 2.77. The summed E-state index contributed by atoms with van der Waals surface area (Å²) >= 11 is 0. The molecule has 2 heterocycles. The first-order chi connectivity index (χ1) is 15.2. The van der Waals surface area contributed by atoms with Crippen LogP contribution in [-0.4, -0.2) is 64.0 Å². The summed E-state index contributed by atoms with van der Waals surface area (Å²) in [6.07, 6.45) is 1.35. The molecule has 1 unspecified atom stereocenters. The Balaban J connectivity index is 1.83. The van der Waals surface area contributed by atoms with Gasteiger partial charge in [-0.15, -0.1) is 0 Å². The van der Waals surface area contributed by atoms with Crippen molar-refractivity contribution in [3.63, 3.8) is 0 Å². The Morgan fingerprint density at radius 1 is 1.06 bits per heavy atom. The molecule has 1 aliphatic rings. The van der Waals surface area contributed by atoms with Crippen LogP contribution in [0, 0.1) is 0 Å². The van der Waals surface area contributed by atoms with Gasteiger partial charge in [0.05, 0.1) is 6.54 Å². The Kier molecular flexibility index (Phi) is 7.12. The summed E-state index contributed by atoms with van der Waals surface area (Å²) in [6.45, 7) is 5.79. The van der Waals surface area contributed by atoms with E-state index in [4.69, 9.17) is 9.47 Å².